The van der Waals surface area contributed by atoms with E-state index >= 15 is 0 Å². The molecule has 1 aromatic heterocycles. The number of amides is 1. The number of nitrogens with zero attached hydrogens (tertiary/aromatic N) is 2. The van der Waals surface area contributed by atoms with E-state index in [0.29, 0.717) is 6.42 Å². The quantitative estimate of drug-likeness (QED) is 0.851. The minimum Gasteiger partial charge on any atom is -0.312 e. The number of rotatable bonds is 2. The van der Waals surface area contributed by atoms with Gasteiger partial charge in [0.05, 0.1) is 17.3 Å². The molecule has 1 amide bonds. The van der Waals surface area contributed by atoms with Crippen molar-refractivity contribution >= 4 is 11.6 Å². The van der Waals surface area contributed by atoms with Crippen molar-refractivity contribution in [3.63, 3.8) is 0 Å². The van der Waals surface area contributed by atoms with Crippen LogP contribution in [0.25, 0.3) is 0 Å². The molecule has 1 aromatic carbocycles. The van der Waals surface area contributed by atoms with Gasteiger partial charge in [-0.1, -0.05) is 6.07 Å². The van der Waals surface area contributed by atoms with Gasteiger partial charge in [0.25, 0.3) is 0 Å². The molecule has 2 aromatic rings. The zero-order valence-corrected chi connectivity index (χ0v) is 12.2. The van der Waals surface area contributed by atoms with Crippen LogP contribution in [0.5, 0.6) is 0 Å². The summed E-state index contributed by atoms with van der Waals surface area (Å²) in [5, 5.41) is 0. The van der Waals surface area contributed by atoms with Crippen LogP contribution in [0.1, 0.15) is 30.0 Å². The third-order valence-electron chi connectivity index (χ3n) is 4.09. The number of benzene rings is 1. The second kappa shape index (κ2) is 5.83. The number of aryl methyl sites for hydroxylation is 1. The summed E-state index contributed by atoms with van der Waals surface area (Å²) in [6, 6.07) is 6.91. The van der Waals surface area contributed by atoms with E-state index in [9.17, 15) is 13.6 Å². The highest BCUT2D eigenvalue weighted by molar-refractivity contribution is 5.97. The van der Waals surface area contributed by atoms with Gasteiger partial charge in [0, 0.05) is 19.3 Å². The van der Waals surface area contributed by atoms with Gasteiger partial charge < -0.3 is 4.90 Å². The smallest absolute Gasteiger partial charge is 0.235 e. The van der Waals surface area contributed by atoms with Crippen LogP contribution in [0.4, 0.5) is 14.5 Å². The Bertz CT molecular complexity index is 718. The highest BCUT2D eigenvalue weighted by Gasteiger charge is 2.31. The molecule has 3 rings (SSSR count). The first-order valence-electron chi connectivity index (χ1n) is 7.24. The third kappa shape index (κ3) is 2.58. The van der Waals surface area contributed by atoms with Gasteiger partial charge in [0.15, 0.2) is 0 Å². The maximum atomic E-state index is 13.9. The lowest BCUT2D eigenvalue weighted by atomic mass is 9.85. The lowest BCUT2D eigenvalue weighted by Crippen LogP contribution is -2.34. The van der Waals surface area contributed by atoms with E-state index in [2.05, 4.69) is 4.98 Å². The van der Waals surface area contributed by atoms with Crippen LogP contribution < -0.4 is 4.90 Å². The Morgan fingerprint density at radius 2 is 2.14 bits per heavy atom. The SMILES string of the molecule is CN(C(=O)C1CCCc2cccnc21)c1cc(F)ccc1F. The fourth-order valence-electron chi connectivity index (χ4n) is 2.95. The van der Waals surface area contributed by atoms with Crippen molar-refractivity contribution in [1.82, 2.24) is 4.98 Å². The summed E-state index contributed by atoms with van der Waals surface area (Å²) in [5.74, 6) is -1.85. The molecule has 1 aliphatic rings. The van der Waals surface area contributed by atoms with Gasteiger partial charge in [0.1, 0.15) is 11.6 Å². The van der Waals surface area contributed by atoms with Crippen molar-refractivity contribution in [3.8, 4) is 0 Å². The molecule has 0 radical (unpaired) electrons. The zero-order valence-electron chi connectivity index (χ0n) is 12.2. The van der Waals surface area contributed by atoms with Crippen molar-refractivity contribution in [3.05, 3.63) is 59.4 Å². The maximum absolute atomic E-state index is 13.9. The van der Waals surface area contributed by atoms with E-state index in [0.717, 1.165) is 42.3 Å². The van der Waals surface area contributed by atoms with Crippen molar-refractivity contribution in [2.45, 2.75) is 25.2 Å². The van der Waals surface area contributed by atoms with Gasteiger partial charge >= 0.3 is 0 Å². The number of aromatic nitrogens is 1. The average molecular weight is 302 g/mol. The Labute approximate surface area is 127 Å². The maximum Gasteiger partial charge on any atom is 0.235 e. The molecule has 0 aliphatic heterocycles. The number of carbonyl (C=O) groups is 1. The Balaban J connectivity index is 1.93. The van der Waals surface area contributed by atoms with Crippen molar-refractivity contribution in [1.29, 1.82) is 0 Å². The Morgan fingerprint density at radius 3 is 2.95 bits per heavy atom. The van der Waals surface area contributed by atoms with Crippen LogP contribution in [-0.2, 0) is 11.2 Å². The number of fused-ring (bicyclic) bond motifs is 1. The molecular weight excluding hydrogens is 286 g/mol. The molecule has 1 aliphatic carbocycles. The van der Waals surface area contributed by atoms with E-state index in [1.165, 1.54) is 11.9 Å². The number of likely N-dealkylation sites (N-methyl/N-ethyl adjacent to an activating group) is 1. The molecule has 0 fully saturated rings. The summed E-state index contributed by atoms with van der Waals surface area (Å²) in [7, 11) is 1.47. The largest absolute Gasteiger partial charge is 0.312 e. The van der Waals surface area contributed by atoms with Crippen LogP contribution in [0, 0.1) is 11.6 Å². The standard InChI is InChI=1S/C17H16F2N2O/c1-21(15-10-12(18)7-8-14(15)19)17(22)13-6-2-4-11-5-3-9-20-16(11)13/h3,5,7-10,13H,2,4,6H2,1H3. The number of carbonyl (C=O) groups excluding carboxylic acids is 1. The molecule has 1 heterocycles. The molecule has 0 bridgehead atoms. The van der Waals surface area contributed by atoms with Crippen molar-refractivity contribution in [2.75, 3.05) is 11.9 Å². The Morgan fingerprint density at radius 1 is 1.32 bits per heavy atom. The number of hydrogen-bond acceptors (Lipinski definition) is 2. The van der Waals surface area contributed by atoms with Crippen LogP contribution in [-0.4, -0.2) is 17.9 Å². The summed E-state index contributed by atoms with van der Waals surface area (Å²) in [6.45, 7) is 0. The summed E-state index contributed by atoms with van der Waals surface area (Å²) >= 11 is 0. The zero-order chi connectivity index (χ0) is 15.7. The molecule has 5 heteroatoms. The topological polar surface area (TPSA) is 33.2 Å². The van der Waals surface area contributed by atoms with Gasteiger partial charge in [0.2, 0.25) is 5.91 Å². The first-order valence-corrected chi connectivity index (χ1v) is 7.24. The van der Waals surface area contributed by atoms with Gasteiger partial charge in [-0.2, -0.15) is 0 Å². The summed E-state index contributed by atoms with van der Waals surface area (Å²) in [4.78, 5) is 18.2. The fraction of sp³-hybridized carbons (Fsp3) is 0.294. The van der Waals surface area contributed by atoms with Crippen LogP contribution in [0.3, 0.4) is 0 Å². The fourth-order valence-corrected chi connectivity index (χ4v) is 2.95. The van der Waals surface area contributed by atoms with Crippen molar-refractivity contribution in [2.24, 2.45) is 0 Å². The number of halogens is 2. The number of pyridine rings is 1. The minimum absolute atomic E-state index is 0.0481. The molecule has 3 nitrogen and oxygen atoms in total. The molecule has 0 N–H and O–H groups in total. The van der Waals surface area contributed by atoms with Gasteiger partial charge in [-0.15, -0.1) is 0 Å². The summed E-state index contributed by atoms with van der Waals surface area (Å²) in [5.41, 5.74) is 1.76. The minimum atomic E-state index is -0.616. The van der Waals surface area contributed by atoms with Crippen LogP contribution >= 0.6 is 0 Å². The van der Waals surface area contributed by atoms with Gasteiger partial charge in [-0.25, -0.2) is 8.78 Å². The lowest BCUT2D eigenvalue weighted by molar-refractivity contribution is -0.120. The normalized spacial score (nSPS) is 17.0. The predicted molar refractivity (Wildman–Crippen MR) is 79.7 cm³/mol. The molecule has 0 saturated heterocycles. The Kier molecular flexibility index (Phi) is 3.88. The summed E-state index contributed by atoms with van der Waals surface area (Å²) < 4.78 is 27.2. The number of anilines is 1. The second-order valence-corrected chi connectivity index (χ2v) is 5.49. The molecule has 1 atom stereocenters. The van der Waals surface area contributed by atoms with E-state index in [1.807, 2.05) is 12.1 Å². The first-order chi connectivity index (χ1) is 10.6. The van der Waals surface area contributed by atoms with E-state index in [-0.39, 0.29) is 11.6 Å². The summed E-state index contributed by atoms with van der Waals surface area (Å²) in [6.07, 6.45) is 4.11. The lowest BCUT2D eigenvalue weighted by Gasteiger charge is -2.28. The first kappa shape index (κ1) is 14.6. The second-order valence-electron chi connectivity index (χ2n) is 5.49. The van der Waals surface area contributed by atoms with E-state index < -0.39 is 17.6 Å². The monoisotopic (exact) mass is 302 g/mol. The molecule has 114 valence electrons. The van der Waals surface area contributed by atoms with Crippen LogP contribution in [0.2, 0.25) is 0 Å². The molecule has 0 spiro atoms. The number of hydrogen-bond donors (Lipinski definition) is 0. The molecule has 1 unspecified atom stereocenters. The van der Waals surface area contributed by atoms with Gasteiger partial charge in [-0.05, 0) is 43.0 Å². The highest BCUT2D eigenvalue weighted by atomic mass is 19.1. The molecular formula is C17H16F2N2O. The molecule has 22 heavy (non-hydrogen) atoms. The van der Waals surface area contributed by atoms with E-state index in [4.69, 9.17) is 0 Å². The Hall–Kier alpha value is -2.30. The van der Waals surface area contributed by atoms with Crippen molar-refractivity contribution < 1.29 is 13.6 Å². The highest BCUT2D eigenvalue weighted by Crippen LogP contribution is 2.32. The van der Waals surface area contributed by atoms with Crippen LogP contribution in [0.15, 0.2) is 36.5 Å². The third-order valence-corrected chi connectivity index (χ3v) is 4.09. The van der Waals surface area contributed by atoms with E-state index in [1.54, 1.807) is 6.20 Å². The van der Waals surface area contributed by atoms with Gasteiger partial charge in [-0.3, -0.25) is 9.78 Å². The molecule has 0 saturated carbocycles. The average Bonchev–Trinajstić information content (AvgIpc) is 2.55. The predicted octanol–water partition coefficient (Wildman–Crippen LogP) is 3.44.